The molecule has 5 nitrogen and oxygen atoms in total. The van der Waals surface area contributed by atoms with Gasteiger partial charge in [0.25, 0.3) is 5.56 Å². The fourth-order valence-electron chi connectivity index (χ4n) is 3.45. The van der Waals surface area contributed by atoms with Gasteiger partial charge in [-0.25, -0.2) is 9.78 Å². The number of nitrogens with zero attached hydrogens (tertiary/aromatic N) is 2. The van der Waals surface area contributed by atoms with E-state index in [-0.39, 0.29) is 11.2 Å². The maximum absolute atomic E-state index is 13.1. The Labute approximate surface area is 182 Å². The summed E-state index contributed by atoms with van der Waals surface area (Å²) in [6.07, 6.45) is 1.70. The molecule has 154 valence electrons. The van der Waals surface area contributed by atoms with E-state index in [0.29, 0.717) is 28.4 Å². The molecular weight excluding hydrogens is 416 g/mol. The van der Waals surface area contributed by atoms with Crippen molar-refractivity contribution in [1.82, 2.24) is 9.55 Å². The first-order chi connectivity index (χ1) is 14.3. The van der Waals surface area contributed by atoms with Crippen LogP contribution < -0.4 is 11.2 Å². The Morgan fingerprint density at radius 1 is 1.17 bits per heavy atom. The third-order valence-corrected chi connectivity index (χ3v) is 7.49. The van der Waals surface area contributed by atoms with Crippen LogP contribution in [0.25, 0.3) is 21.2 Å². The van der Waals surface area contributed by atoms with Crippen LogP contribution in [0.15, 0.2) is 50.0 Å². The van der Waals surface area contributed by atoms with E-state index in [4.69, 9.17) is 9.40 Å². The molecule has 0 atom stereocenters. The van der Waals surface area contributed by atoms with E-state index >= 15 is 0 Å². The van der Waals surface area contributed by atoms with E-state index in [1.807, 2.05) is 39.8 Å². The van der Waals surface area contributed by atoms with Gasteiger partial charge in [0, 0.05) is 28.6 Å². The van der Waals surface area contributed by atoms with Gasteiger partial charge in [0.1, 0.15) is 10.4 Å². The van der Waals surface area contributed by atoms with E-state index in [0.717, 1.165) is 37.3 Å². The van der Waals surface area contributed by atoms with E-state index < -0.39 is 0 Å². The Kier molecular flexibility index (Phi) is 5.42. The summed E-state index contributed by atoms with van der Waals surface area (Å²) in [4.78, 5) is 31.9. The summed E-state index contributed by atoms with van der Waals surface area (Å²) in [5.41, 5.74) is 4.22. The van der Waals surface area contributed by atoms with Crippen molar-refractivity contribution in [1.29, 1.82) is 0 Å². The normalized spacial score (nSPS) is 11.5. The summed E-state index contributed by atoms with van der Waals surface area (Å²) in [5.74, 6) is 0.503. The summed E-state index contributed by atoms with van der Waals surface area (Å²) >= 11 is 2.98. The second-order valence-electron chi connectivity index (χ2n) is 7.37. The molecule has 0 saturated heterocycles. The molecule has 0 aliphatic rings. The van der Waals surface area contributed by atoms with Gasteiger partial charge in [-0.3, -0.25) is 9.36 Å². The van der Waals surface area contributed by atoms with Gasteiger partial charge in [-0.1, -0.05) is 17.8 Å². The van der Waals surface area contributed by atoms with Crippen LogP contribution in [0.1, 0.15) is 27.1 Å². The minimum Gasteiger partial charge on any atom is -0.423 e. The van der Waals surface area contributed by atoms with Crippen molar-refractivity contribution in [2.45, 2.75) is 45.1 Å². The molecule has 0 unspecified atom stereocenters. The fourth-order valence-corrected chi connectivity index (χ4v) is 5.52. The maximum atomic E-state index is 13.1. The fraction of sp³-hybridized carbons (Fsp3) is 0.261. The Hall–Kier alpha value is -2.64. The Balaban J connectivity index is 1.81. The van der Waals surface area contributed by atoms with Gasteiger partial charge in [-0.05, 0) is 62.1 Å². The molecule has 3 aromatic heterocycles. The predicted molar refractivity (Wildman–Crippen MR) is 125 cm³/mol. The lowest BCUT2D eigenvalue weighted by Gasteiger charge is -2.11. The third kappa shape index (κ3) is 3.52. The van der Waals surface area contributed by atoms with Crippen LogP contribution in [0.2, 0.25) is 0 Å². The second kappa shape index (κ2) is 7.89. The molecule has 0 saturated carbocycles. The summed E-state index contributed by atoms with van der Waals surface area (Å²) in [6, 6.07) is 5.47. The number of rotatable bonds is 5. The monoisotopic (exact) mass is 438 g/mol. The largest absolute Gasteiger partial charge is 0.423 e. The molecule has 1 aromatic carbocycles. The molecule has 30 heavy (non-hydrogen) atoms. The highest BCUT2D eigenvalue weighted by molar-refractivity contribution is 7.98. The molecule has 0 aliphatic heterocycles. The van der Waals surface area contributed by atoms with Gasteiger partial charge < -0.3 is 4.42 Å². The van der Waals surface area contributed by atoms with Crippen molar-refractivity contribution in [2.75, 3.05) is 0 Å². The number of fused-ring (bicyclic) bond motifs is 2. The Bertz CT molecular complexity index is 1430. The molecular formula is C23H22N2O3S2. The first-order valence-corrected chi connectivity index (χ1v) is 11.4. The van der Waals surface area contributed by atoms with Gasteiger partial charge in [0.2, 0.25) is 0 Å². The van der Waals surface area contributed by atoms with E-state index in [2.05, 4.69) is 6.58 Å². The predicted octanol–water partition coefficient (Wildman–Crippen LogP) is 5.28. The lowest BCUT2D eigenvalue weighted by molar-refractivity contribution is 0.559. The van der Waals surface area contributed by atoms with Crippen molar-refractivity contribution in [3.05, 3.63) is 78.8 Å². The van der Waals surface area contributed by atoms with Gasteiger partial charge in [0.15, 0.2) is 5.16 Å². The highest BCUT2D eigenvalue weighted by Crippen LogP contribution is 2.31. The molecule has 0 amide bonds. The summed E-state index contributed by atoms with van der Waals surface area (Å²) in [6.45, 7) is 12.2. The summed E-state index contributed by atoms with van der Waals surface area (Å²) in [5, 5.41) is 2.21. The van der Waals surface area contributed by atoms with Crippen LogP contribution >= 0.6 is 23.1 Å². The third-order valence-electron chi connectivity index (χ3n) is 5.37. The highest BCUT2D eigenvalue weighted by atomic mass is 32.2. The molecule has 0 radical (unpaired) electrons. The summed E-state index contributed by atoms with van der Waals surface area (Å²) in [7, 11) is 0. The van der Waals surface area contributed by atoms with Crippen LogP contribution in [0, 0.1) is 27.7 Å². The van der Waals surface area contributed by atoms with Crippen molar-refractivity contribution in [2.24, 2.45) is 0 Å². The lowest BCUT2D eigenvalue weighted by Crippen LogP contribution is -2.22. The Morgan fingerprint density at radius 2 is 1.90 bits per heavy atom. The minimum atomic E-state index is -0.377. The van der Waals surface area contributed by atoms with E-state index in [1.165, 1.54) is 29.2 Å². The standard InChI is InChI=1S/C23H22N2O3S2/c1-6-7-25-22(27)20-14(4)15(5)30-21(20)24-23(25)29-11-16-10-19(26)28-18-9-13(3)12(2)8-17(16)18/h6,8-10H,1,7,11H2,2-5H3. The number of hydrogen-bond donors (Lipinski definition) is 0. The van der Waals surface area contributed by atoms with Gasteiger partial charge in [-0.15, -0.1) is 17.9 Å². The topological polar surface area (TPSA) is 65.1 Å². The molecule has 0 N–H and O–H groups in total. The van der Waals surface area contributed by atoms with Crippen LogP contribution in [-0.4, -0.2) is 9.55 Å². The van der Waals surface area contributed by atoms with Gasteiger partial charge >= 0.3 is 5.63 Å². The SMILES string of the molecule is C=CCn1c(SCc2cc(=O)oc3cc(C)c(C)cc23)nc2sc(C)c(C)c2c1=O. The van der Waals surface area contributed by atoms with Crippen LogP contribution in [-0.2, 0) is 12.3 Å². The number of thiophene rings is 1. The Morgan fingerprint density at radius 3 is 2.63 bits per heavy atom. The second-order valence-corrected chi connectivity index (χ2v) is 9.52. The van der Waals surface area contributed by atoms with Crippen LogP contribution in [0.3, 0.4) is 0 Å². The summed E-state index contributed by atoms with van der Waals surface area (Å²) < 4.78 is 7.05. The van der Waals surface area contributed by atoms with Crippen LogP contribution in [0.5, 0.6) is 0 Å². The molecule has 0 bridgehead atoms. The molecule has 4 rings (SSSR count). The van der Waals surface area contributed by atoms with Crippen molar-refractivity contribution >= 4 is 44.3 Å². The molecule has 7 heteroatoms. The first kappa shape index (κ1) is 20.6. The lowest BCUT2D eigenvalue weighted by atomic mass is 10.0. The number of benzene rings is 1. The van der Waals surface area contributed by atoms with Crippen molar-refractivity contribution in [3.63, 3.8) is 0 Å². The van der Waals surface area contributed by atoms with E-state index in [1.54, 1.807) is 10.6 Å². The molecule has 0 spiro atoms. The van der Waals surface area contributed by atoms with Crippen molar-refractivity contribution < 1.29 is 4.42 Å². The van der Waals surface area contributed by atoms with Gasteiger partial charge in [0.05, 0.1) is 5.39 Å². The number of hydrogen-bond acceptors (Lipinski definition) is 6. The number of allylic oxidation sites excluding steroid dienone is 1. The number of aromatic nitrogens is 2. The molecule has 4 aromatic rings. The molecule has 3 heterocycles. The van der Waals surface area contributed by atoms with Gasteiger partial charge in [-0.2, -0.15) is 0 Å². The zero-order valence-electron chi connectivity index (χ0n) is 17.4. The zero-order chi connectivity index (χ0) is 21.6. The first-order valence-electron chi connectivity index (χ1n) is 9.58. The van der Waals surface area contributed by atoms with Crippen LogP contribution in [0.4, 0.5) is 0 Å². The quantitative estimate of drug-likeness (QED) is 0.184. The smallest absolute Gasteiger partial charge is 0.336 e. The number of thioether (sulfide) groups is 1. The number of aryl methyl sites for hydroxylation is 4. The molecule has 0 aliphatic carbocycles. The maximum Gasteiger partial charge on any atom is 0.336 e. The van der Waals surface area contributed by atoms with E-state index in [9.17, 15) is 9.59 Å². The average molecular weight is 439 g/mol. The minimum absolute atomic E-state index is 0.0480. The average Bonchev–Trinajstić information content (AvgIpc) is 2.97. The van der Waals surface area contributed by atoms with Crippen molar-refractivity contribution in [3.8, 4) is 0 Å². The highest BCUT2D eigenvalue weighted by Gasteiger charge is 2.17. The zero-order valence-corrected chi connectivity index (χ0v) is 19.0. The molecule has 0 fully saturated rings.